The number of esters is 1. The van der Waals surface area contributed by atoms with Crippen molar-refractivity contribution < 1.29 is 9.53 Å². The second-order valence-electron chi connectivity index (χ2n) is 6.51. The van der Waals surface area contributed by atoms with E-state index in [1.165, 1.54) is 31.1 Å². The summed E-state index contributed by atoms with van der Waals surface area (Å²) in [6, 6.07) is 0. The Kier molecular flexibility index (Phi) is 2.48. The average molecular weight is 246 g/mol. The molecule has 0 unspecified atom stereocenters. The molecule has 0 N–H and O–H groups in total. The van der Waals surface area contributed by atoms with E-state index in [0.717, 1.165) is 30.3 Å². The van der Waals surface area contributed by atoms with E-state index in [-0.39, 0.29) is 5.97 Å². The Morgan fingerprint density at radius 2 is 2.22 bits per heavy atom. The molecule has 98 valence electrons. The van der Waals surface area contributed by atoms with Crippen LogP contribution in [0.2, 0.25) is 0 Å². The highest BCUT2D eigenvalue weighted by Crippen LogP contribution is 2.71. The molecule has 0 bridgehead atoms. The molecule has 0 aromatic rings. The Labute approximate surface area is 109 Å². The van der Waals surface area contributed by atoms with Crippen LogP contribution in [0.1, 0.15) is 39.5 Å². The SMILES string of the molecule is C=C1[C@H]2C[C@H]2[C@]2(C)CC/C(=C(/C)C(=O)OC)C[C@@H]12. The minimum atomic E-state index is -0.164. The summed E-state index contributed by atoms with van der Waals surface area (Å²) in [6.45, 7) is 8.67. The number of hydrogen-bond donors (Lipinski definition) is 0. The van der Waals surface area contributed by atoms with E-state index in [9.17, 15) is 4.79 Å². The maximum atomic E-state index is 11.6. The third-order valence-electron chi connectivity index (χ3n) is 5.80. The van der Waals surface area contributed by atoms with E-state index in [1.54, 1.807) is 0 Å². The number of allylic oxidation sites excluding steroid dienone is 2. The van der Waals surface area contributed by atoms with Gasteiger partial charge in [0.15, 0.2) is 0 Å². The summed E-state index contributed by atoms with van der Waals surface area (Å²) in [7, 11) is 1.46. The van der Waals surface area contributed by atoms with Crippen molar-refractivity contribution in [1.82, 2.24) is 0 Å². The standard InChI is InChI=1S/C16H22O2/c1-9(15(17)18-4)11-5-6-16(3)13(7-11)10(2)12-8-14(12)16/h12-14H,2,5-8H2,1,3-4H3/b11-9+/t12-,13+,14-,16-/m1/s1. The van der Waals surface area contributed by atoms with Crippen LogP contribution in [0.4, 0.5) is 0 Å². The first-order valence-corrected chi connectivity index (χ1v) is 6.94. The first-order valence-electron chi connectivity index (χ1n) is 6.94. The Morgan fingerprint density at radius 3 is 2.89 bits per heavy atom. The van der Waals surface area contributed by atoms with Crippen LogP contribution in [0.5, 0.6) is 0 Å². The summed E-state index contributed by atoms with van der Waals surface area (Å²) in [6.07, 6.45) is 4.66. The Balaban J connectivity index is 1.87. The van der Waals surface area contributed by atoms with Gasteiger partial charge in [0.1, 0.15) is 0 Å². The van der Waals surface area contributed by atoms with Crippen molar-refractivity contribution in [3.8, 4) is 0 Å². The lowest BCUT2D eigenvalue weighted by atomic mass is 9.64. The second-order valence-corrected chi connectivity index (χ2v) is 6.51. The van der Waals surface area contributed by atoms with E-state index < -0.39 is 0 Å². The molecule has 0 saturated heterocycles. The molecular formula is C16H22O2. The van der Waals surface area contributed by atoms with E-state index >= 15 is 0 Å². The number of methoxy groups -OCH3 is 1. The summed E-state index contributed by atoms with van der Waals surface area (Å²) in [5.74, 6) is 2.11. The van der Waals surface area contributed by atoms with Gasteiger partial charge in [-0.1, -0.05) is 24.6 Å². The van der Waals surface area contributed by atoms with Crippen LogP contribution in [-0.4, -0.2) is 13.1 Å². The summed E-state index contributed by atoms with van der Waals surface area (Å²) >= 11 is 0. The summed E-state index contributed by atoms with van der Waals surface area (Å²) in [5.41, 5.74) is 4.04. The zero-order chi connectivity index (χ0) is 13.1. The van der Waals surface area contributed by atoms with Gasteiger partial charge in [0.2, 0.25) is 0 Å². The third kappa shape index (κ3) is 1.44. The Morgan fingerprint density at radius 1 is 1.50 bits per heavy atom. The number of fused-ring (bicyclic) bond motifs is 3. The first kappa shape index (κ1) is 12.0. The molecule has 0 aliphatic heterocycles. The fourth-order valence-corrected chi connectivity index (χ4v) is 4.40. The van der Waals surface area contributed by atoms with Crippen LogP contribution in [0.25, 0.3) is 0 Å². The van der Waals surface area contributed by atoms with Gasteiger partial charge in [0.05, 0.1) is 7.11 Å². The van der Waals surface area contributed by atoms with Gasteiger partial charge >= 0.3 is 5.97 Å². The number of rotatable bonds is 1. The molecular weight excluding hydrogens is 224 g/mol. The van der Waals surface area contributed by atoms with Crippen LogP contribution >= 0.6 is 0 Å². The van der Waals surface area contributed by atoms with Crippen LogP contribution in [-0.2, 0) is 9.53 Å². The predicted molar refractivity (Wildman–Crippen MR) is 70.9 cm³/mol. The third-order valence-corrected chi connectivity index (χ3v) is 5.80. The van der Waals surface area contributed by atoms with E-state index in [2.05, 4.69) is 13.5 Å². The van der Waals surface area contributed by atoms with Crippen molar-refractivity contribution in [2.45, 2.75) is 39.5 Å². The number of ether oxygens (including phenoxy) is 1. The van der Waals surface area contributed by atoms with Gasteiger partial charge in [-0.3, -0.25) is 0 Å². The van der Waals surface area contributed by atoms with Crippen molar-refractivity contribution >= 4 is 5.97 Å². The van der Waals surface area contributed by atoms with Gasteiger partial charge in [0.25, 0.3) is 0 Å². The zero-order valence-electron chi connectivity index (χ0n) is 11.6. The lowest BCUT2D eigenvalue weighted by Crippen LogP contribution is -2.31. The van der Waals surface area contributed by atoms with Crippen molar-refractivity contribution in [2.75, 3.05) is 7.11 Å². The molecule has 3 aliphatic rings. The highest BCUT2D eigenvalue weighted by molar-refractivity contribution is 5.88. The van der Waals surface area contributed by atoms with Gasteiger partial charge in [-0.05, 0) is 55.8 Å². The summed E-state index contributed by atoms with van der Waals surface area (Å²) in [5, 5.41) is 0. The van der Waals surface area contributed by atoms with Gasteiger partial charge in [0, 0.05) is 5.57 Å². The lowest BCUT2D eigenvalue weighted by molar-refractivity contribution is -0.136. The fraction of sp³-hybridized carbons (Fsp3) is 0.688. The highest BCUT2D eigenvalue weighted by Gasteiger charge is 2.63. The normalized spacial score (nSPS) is 44.2. The Bertz CT molecular complexity index is 460. The monoisotopic (exact) mass is 246 g/mol. The molecule has 3 fully saturated rings. The fourth-order valence-electron chi connectivity index (χ4n) is 4.40. The van der Waals surface area contributed by atoms with Gasteiger partial charge in [-0.25, -0.2) is 4.79 Å². The molecule has 4 atom stereocenters. The van der Waals surface area contributed by atoms with E-state index in [0.29, 0.717) is 11.3 Å². The van der Waals surface area contributed by atoms with Crippen LogP contribution in [0, 0.1) is 23.2 Å². The molecule has 0 amide bonds. The van der Waals surface area contributed by atoms with Gasteiger partial charge in [-0.15, -0.1) is 0 Å². The van der Waals surface area contributed by atoms with Crippen molar-refractivity contribution in [1.29, 1.82) is 0 Å². The largest absolute Gasteiger partial charge is 0.466 e. The maximum absolute atomic E-state index is 11.6. The summed E-state index contributed by atoms with van der Waals surface area (Å²) in [4.78, 5) is 11.6. The molecule has 3 rings (SSSR count). The highest BCUT2D eigenvalue weighted by atomic mass is 16.5. The molecule has 0 radical (unpaired) electrons. The summed E-state index contributed by atoms with van der Waals surface area (Å²) < 4.78 is 4.84. The number of carbonyl (C=O) groups is 1. The molecule has 18 heavy (non-hydrogen) atoms. The van der Waals surface area contributed by atoms with Gasteiger partial charge in [-0.2, -0.15) is 0 Å². The minimum Gasteiger partial charge on any atom is -0.466 e. The van der Waals surface area contributed by atoms with Crippen molar-refractivity contribution in [2.24, 2.45) is 23.2 Å². The van der Waals surface area contributed by atoms with Crippen molar-refractivity contribution in [3.05, 3.63) is 23.3 Å². The quantitative estimate of drug-likeness (QED) is 0.402. The second kappa shape index (κ2) is 3.72. The molecule has 0 aromatic carbocycles. The van der Waals surface area contributed by atoms with Crippen LogP contribution in [0.3, 0.4) is 0 Å². The lowest BCUT2D eigenvalue weighted by Gasteiger charge is -2.40. The molecule has 0 aromatic heterocycles. The molecule has 3 aliphatic carbocycles. The van der Waals surface area contributed by atoms with E-state index in [4.69, 9.17) is 4.74 Å². The molecule has 2 nitrogen and oxygen atoms in total. The average Bonchev–Trinajstić information content (AvgIpc) is 3.13. The van der Waals surface area contributed by atoms with Gasteiger partial charge < -0.3 is 4.74 Å². The number of hydrogen-bond acceptors (Lipinski definition) is 2. The molecule has 2 heteroatoms. The van der Waals surface area contributed by atoms with Crippen LogP contribution in [0.15, 0.2) is 23.3 Å². The number of carbonyl (C=O) groups excluding carboxylic acids is 1. The van der Waals surface area contributed by atoms with E-state index in [1.807, 2.05) is 6.92 Å². The zero-order valence-corrected chi connectivity index (χ0v) is 11.6. The van der Waals surface area contributed by atoms with Crippen LogP contribution < -0.4 is 0 Å². The topological polar surface area (TPSA) is 26.3 Å². The molecule has 3 saturated carbocycles. The minimum absolute atomic E-state index is 0.164. The Hall–Kier alpha value is -1.05. The maximum Gasteiger partial charge on any atom is 0.333 e. The predicted octanol–water partition coefficient (Wildman–Crippen LogP) is 3.49. The van der Waals surface area contributed by atoms with Crippen molar-refractivity contribution in [3.63, 3.8) is 0 Å². The smallest absolute Gasteiger partial charge is 0.333 e. The molecule has 0 heterocycles. The first-order chi connectivity index (χ1) is 8.49. The molecule has 0 spiro atoms.